The summed E-state index contributed by atoms with van der Waals surface area (Å²) in [6, 6.07) is 9.75. The van der Waals surface area contributed by atoms with Gasteiger partial charge in [0.05, 0.1) is 10.7 Å². The molecule has 0 saturated carbocycles. The van der Waals surface area contributed by atoms with Crippen LogP contribution in [-0.4, -0.2) is 16.3 Å². The Morgan fingerprint density at radius 3 is 2.78 bits per heavy atom. The van der Waals surface area contributed by atoms with Gasteiger partial charge in [-0.25, -0.2) is 4.99 Å². The minimum absolute atomic E-state index is 0.672. The Morgan fingerprint density at radius 2 is 2.17 bits per heavy atom. The number of aliphatic imine (C=N–C) groups is 1. The Kier molecular flexibility index (Phi) is 4.39. The van der Waals surface area contributed by atoms with E-state index in [1.807, 2.05) is 43.5 Å². The first-order chi connectivity index (χ1) is 8.70. The second-order valence-electron chi connectivity index (χ2n) is 3.82. The van der Waals surface area contributed by atoms with Crippen molar-refractivity contribution in [3.63, 3.8) is 0 Å². The van der Waals surface area contributed by atoms with Gasteiger partial charge in [-0.05, 0) is 43.0 Å². The van der Waals surface area contributed by atoms with E-state index in [-0.39, 0.29) is 0 Å². The molecule has 0 aliphatic heterocycles. The third kappa shape index (κ3) is 3.12. The molecule has 0 bridgehead atoms. The van der Waals surface area contributed by atoms with Gasteiger partial charge in [0.1, 0.15) is 5.04 Å². The summed E-state index contributed by atoms with van der Waals surface area (Å²) in [5, 5.41) is 1.58. The van der Waals surface area contributed by atoms with E-state index in [1.165, 1.54) is 0 Å². The van der Waals surface area contributed by atoms with Crippen LogP contribution in [0.3, 0.4) is 0 Å². The van der Waals surface area contributed by atoms with Gasteiger partial charge in [0.25, 0.3) is 0 Å². The van der Waals surface area contributed by atoms with Gasteiger partial charge in [0.2, 0.25) is 0 Å². The van der Waals surface area contributed by atoms with Crippen molar-refractivity contribution in [2.24, 2.45) is 4.99 Å². The van der Waals surface area contributed by atoms with Crippen LogP contribution in [0, 0.1) is 6.92 Å². The van der Waals surface area contributed by atoms with Gasteiger partial charge in [-0.1, -0.05) is 17.7 Å². The van der Waals surface area contributed by atoms with Crippen LogP contribution in [0.5, 0.6) is 0 Å². The number of pyridine rings is 1. The summed E-state index contributed by atoms with van der Waals surface area (Å²) < 4.78 is 0. The summed E-state index contributed by atoms with van der Waals surface area (Å²) in [5.41, 5.74) is 2.92. The maximum absolute atomic E-state index is 6.19. The molecule has 4 heteroatoms. The standard InChI is InChI=1S/C14H13ClN2S/c1-10-5-6-13(12(15)8-10)17-14(18-2)11-4-3-7-16-9-11/h3-9H,1-2H3. The molecular weight excluding hydrogens is 264 g/mol. The maximum atomic E-state index is 6.19. The van der Waals surface area contributed by atoms with Crippen molar-refractivity contribution in [3.8, 4) is 0 Å². The lowest BCUT2D eigenvalue weighted by atomic mass is 10.2. The zero-order valence-corrected chi connectivity index (χ0v) is 11.8. The molecule has 0 aliphatic rings. The molecule has 0 radical (unpaired) electrons. The van der Waals surface area contributed by atoms with Crippen LogP contribution in [0.1, 0.15) is 11.1 Å². The molecule has 0 spiro atoms. The molecule has 0 atom stereocenters. The van der Waals surface area contributed by atoms with Crippen molar-refractivity contribution in [2.75, 3.05) is 6.26 Å². The molecule has 18 heavy (non-hydrogen) atoms. The van der Waals surface area contributed by atoms with E-state index in [2.05, 4.69) is 9.98 Å². The molecule has 0 fully saturated rings. The molecule has 2 aromatic rings. The molecule has 92 valence electrons. The lowest BCUT2D eigenvalue weighted by Crippen LogP contribution is -1.94. The molecule has 0 N–H and O–H groups in total. The molecule has 1 heterocycles. The number of aromatic nitrogens is 1. The second-order valence-corrected chi connectivity index (χ2v) is 5.02. The van der Waals surface area contributed by atoms with Gasteiger partial charge < -0.3 is 0 Å². The number of halogens is 1. The molecule has 2 rings (SSSR count). The predicted octanol–water partition coefficient (Wildman–Crippen LogP) is 4.48. The summed E-state index contributed by atoms with van der Waals surface area (Å²) >= 11 is 7.77. The van der Waals surface area contributed by atoms with Crippen molar-refractivity contribution in [3.05, 3.63) is 58.9 Å². The van der Waals surface area contributed by atoms with Crippen LogP contribution < -0.4 is 0 Å². The monoisotopic (exact) mass is 276 g/mol. The van der Waals surface area contributed by atoms with Gasteiger partial charge >= 0.3 is 0 Å². The smallest absolute Gasteiger partial charge is 0.105 e. The third-order valence-corrected chi connectivity index (χ3v) is 3.44. The quantitative estimate of drug-likeness (QED) is 0.597. The second kappa shape index (κ2) is 6.03. The van der Waals surface area contributed by atoms with Gasteiger partial charge in [-0.2, -0.15) is 0 Å². The maximum Gasteiger partial charge on any atom is 0.105 e. The van der Waals surface area contributed by atoms with E-state index in [4.69, 9.17) is 11.6 Å². The first-order valence-corrected chi connectivity index (χ1v) is 7.10. The first-order valence-electron chi connectivity index (χ1n) is 5.50. The Labute approximate surface area is 116 Å². The Bertz CT molecular complexity index is 567. The minimum Gasteiger partial charge on any atom is -0.264 e. The van der Waals surface area contributed by atoms with Crippen molar-refractivity contribution in [2.45, 2.75) is 6.92 Å². The van der Waals surface area contributed by atoms with Crippen LogP contribution in [0.15, 0.2) is 47.7 Å². The summed E-state index contributed by atoms with van der Waals surface area (Å²) in [7, 11) is 0. The van der Waals surface area contributed by atoms with Crippen LogP contribution in [0.4, 0.5) is 5.69 Å². The first kappa shape index (κ1) is 13.1. The summed E-state index contributed by atoms with van der Waals surface area (Å²) in [6.45, 7) is 2.01. The Morgan fingerprint density at radius 1 is 1.33 bits per heavy atom. The van der Waals surface area contributed by atoms with Crippen molar-refractivity contribution in [1.82, 2.24) is 4.98 Å². The fourth-order valence-electron chi connectivity index (χ4n) is 1.53. The van der Waals surface area contributed by atoms with E-state index in [9.17, 15) is 0 Å². The zero-order chi connectivity index (χ0) is 13.0. The van der Waals surface area contributed by atoms with E-state index >= 15 is 0 Å². The SMILES string of the molecule is CSC(=Nc1ccc(C)cc1Cl)c1cccnc1. The molecule has 1 aromatic heterocycles. The van der Waals surface area contributed by atoms with E-state index < -0.39 is 0 Å². The van der Waals surface area contributed by atoms with Gasteiger partial charge in [-0.15, -0.1) is 11.8 Å². The number of nitrogens with zero attached hydrogens (tertiary/aromatic N) is 2. The number of rotatable bonds is 2. The number of aryl methyl sites for hydroxylation is 1. The van der Waals surface area contributed by atoms with Crippen molar-refractivity contribution in [1.29, 1.82) is 0 Å². The molecule has 0 saturated heterocycles. The van der Waals surface area contributed by atoms with Crippen LogP contribution in [0.2, 0.25) is 5.02 Å². The third-order valence-electron chi connectivity index (χ3n) is 2.43. The van der Waals surface area contributed by atoms with Crippen LogP contribution >= 0.6 is 23.4 Å². The van der Waals surface area contributed by atoms with E-state index in [0.717, 1.165) is 21.9 Å². The van der Waals surface area contributed by atoms with Crippen LogP contribution in [-0.2, 0) is 0 Å². The van der Waals surface area contributed by atoms with E-state index in [0.29, 0.717) is 5.02 Å². The minimum atomic E-state index is 0.672. The lowest BCUT2D eigenvalue weighted by Gasteiger charge is -2.05. The van der Waals surface area contributed by atoms with Gasteiger partial charge in [-0.3, -0.25) is 4.98 Å². The average molecular weight is 277 g/mol. The highest BCUT2D eigenvalue weighted by atomic mass is 35.5. The normalized spacial score (nSPS) is 11.6. The highest BCUT2D eigenvalue weighted by molar-refractivity contribution is 8.13. The van der Waals surface area contributed by atoms with Gasteiger partial charge in [0, 0.05) is 18.0 Å². The highest BCUT2D eigenvalue weighted by Gasteiger charge is 2.04. The topological polar surface area (TPSA) is 25.2 Å². The molecule has 0 unspecified atom stereocenters. The van der Waals surface area contributed by atoms with Crippen molar-refractivity contribution < 1.29 is 0 Å². The van der Waals surface area contributed by atoms with Crippen LogP contribution in [0.25, 0.3) is 0 Å². The highest BCUT2D eigenvalue weighted by Crippen LogP contribution is 2.27. The fraction of sp³-hybridized carbons (Fsp3) is 0.143. The molecule has 0 aliphatic carbocycles. The zero-order valence-electron chi connectivity index (χ0n) is 10.2. The number of hydrogen-bond donors (Lipinski definition) is 0. The number of thioether (sulfide) groups is 1. The summed E-state index contributed by atoms with van der Waals surface area (Å²) in [5.74, 6) is 0. The molecule has 0 amide bonds. The predicted molar refractivity (Wildman–Crippen MR) is 80.1 cm³/mol. The summed E-state index contributed by atoms with van der Waals surface area (Å²) in [6.07, 6.45) is 5.55. The number of benzene rings is 1. The largest absolute Gasteiger partial charge is 0.264 e. The summed E-state index contributed by atoms with van der Waals surface area (Å²) in [4.78, 5) is 8.70. The van der Waals surface area contributed by atoms with E-state index in [1.54, 1.807) is 24.2 Å². The fourth-order valence-corrected chi connectivity index (χ4v) is 2.35. The van der Waals surface area contributed by atoms with Crippen molar-refractivity contribution >= 4 is 34.1 Å². The Hall–Kier alpha value is -1.32. The average Bonchev–Trinajstić information content (AvgIpc) is 2.39. The lowest BCUT2D eigenvalue weighted by molar-refractivity contribution is 1.32. The molecule has 1 aromatic carbocycles. The van der Waals surface area contributed by atoms with Gasteiger partial charge in [0.15, 0.2) is 0 Å². The Balaban J connectivity index is 2.41. The molecular formula is C14H13ClN2S. The number of hydrogen-bond acceptors (Lipinski definition) is 3. The molecule has 2 nitrogen and oxygen atoms in total.